The molecule has 3 aliphatic heterocycles. The molecule has 1 aromatic rings. The van der Waals surface area contributed by atoms with E-state index in [1.165, 1.54) is 6.07 Å². The van der Waals surface area contributed by atoms with E-state index in [0.29, 0.717) is 33.7 Å². The summed E-state index contributed by atoms with van der Waals surface area (Å²) >= 11 is 0. The predicted molar refractivity (Wildman–Crippen MR) is 93.5 cm³/mol. The molecule has 1 aromatic carbocycles. The lowest BCUT2D eigenvalue weighted by Crippen LogP contribution is -2.45. The van der Waals surface area contributed by atoms with Crippen LogP contribution in [-0.4, -0.2) is 43.7 Å². The summed E-state index contributed by atoms with van der Waals surface area (Å²) in [5, 5.41) is 0. The van der Waals surface area contributed by atoms with Crippen molar-refractivity contribution in [2.45, 2.75) is 12.8 Å². The molecule has 0 bridgehead atoms. The first-order valence-corrected chi connectivity index (χ1v) is 8.44. The second-order valence-corrected chi connectivity index (χ2v) is 6.81. The molecule has 26 heavy (non-hydrogen) atoms. The van der Waals surface area contributed by atoms with E-state index in [4.69, 9.17) is 9.47 Å². The number of benzene rings is 1. The van der Waals surface area contributed by atoms with E-state index in [2.05, 4.69) is 11.6 Å². The van der Waals surface area contributed by atoms with Crippen molar-refractivity contribution in [3.63, 3.8) is 0 Å². The van der Waals surface area contributed by atoms with Gasteiger partial charge in [-0.15, -0.1) is 0 Å². The Kier molecular flexibility index (Phi) is 4.17. The first-order valence-electron chi connectivity index (χ1n) is 8.44. The molecule has 2 atom stereocenters. The van der Waals surface area contributed by atoms with Gasteiger partial charge in [-0.25, -0.2) is 4.39 Å². The summed E-state index contributed by atoms with van der Waals surface area (Å²) in [7, 11) is 0. The number of Topliss-reactive ketones (excluding diaryl/α,β-unsaturated/α-hetero) is 2. The van der Waals surface area contributed by atoms with Gasteiger partial charge in [-0.2, -0.15) is 0 Å². The Morgan fingerprint density at radius 1 is 1.15 bits per heavy atom. The molecule has 0 aliphatic carbocycles. The molecule has 5 nitrogen and oxygen atoms in total. The van der Waals surface area contributed by atoms with Crippen LogP contribution < -0.4 is 0 Å². The lowest BCUT2D eigenvalue weighted by atomic mass is 9.71. The molecule has 0 saturated carbocycles. The van der Waals surface area contributed by atoms with Crippen LogP contribution in [0.3, 0.4) is 0 Å². The second-order valence-electron chi connectivity index (χ2n) is 6.81. The molecule has 2 unspecified atom stereocenters. The van der Waals surface area contributed by atoms with Gasteiger partial charge in [0, 0.05) is 17.1 Å². The number of allylic oxidation sites excluding steroid dienone is 1. The van der Waals surface area contributed by atoms with E-state index in [0.717, 1.165) is 0 Å². The number of ether oxygens (including phenoxy) is 2. The number of fused-ring (bicyclic) bond motifs is 1. The molecule has 0 spiro atoms. The van der Waals surface area contributed by atoms with Crippen LogP contribution in [0.15, 0.2) is 41.0 Å². The highest BCUT2D eigenvalue weighted by atomic mass is 19.1. The van der Waals surface area contributed by atoms with E-state index >= 15 is 0 Å². The summed E-state index contributed by atoms with van der Waals surface area (Å²) in [6, 6.07) is 4.67. The molecular weight excluding hydrogens is 337 g/mol. The third kappa shape index (κ3) is 2.66. The molecule has 3 heterocycles. The number of nitrogens with zero attached hydrogens (tertiary/aromatic N) is 1. The van der Waals surface area contributed by atoms with E-state index < -0.39 is 11.8 Å². The maximum atomic E-state index is 14.1. The number of carbonyl (C=O) groups is 2. The molecule has 0 radical (unpaired) electrons. The molecule has 0 N–H and O–H groups in total. The fraction of sp³-hybridized carbons (Fsp3) is 0.350. The van der Waals surface area contributed by atoms with Crippen molar-refractivity contribution in [3.8, 4) is 0 Å². The monoisotopic (exact) mass is 355 g/mol. The van der Waals surface area contributed by atoms with Crippen molar-refractivity contribution in [1.82, 2.24) is 0 Å². The van der Waals surface area contributed by atoms with Crippen LogP contribution in [-0.2, 0) is 19.1 Å². The van der Waals surface area contributed by atoms with Gasteiger partial charge in [-0.05, 0) is 30.2 Å². The van der Waals surface area contributed by atoms with Gasteiger partial charge in [-0.3, -0.25) is 14.6 Å². The third-order valence-corrected chi connectivity index (χ3v) is 5.02. The molecule has 4 rings (SSSR count). The van der Waals surface area contributed by atoms with Gasteiger partial charge >= 0.3 is 0 Å². The summed E-state index contributed by atoms with van der Waals surface area (Å²) in [5.74, 6) is -1.74. The summed E-state index contributed by atoms with van der Waals surface area (Å²) in [6.45, 7) is 5.95. The highest BCUT2D eigenvalue weighted by Gasteiger charge is 2.45. The van der Waals surface area contributed by atoms with Crippen molar-refractivity contribution in [3.05, 3.63) is 53.0 Å². The maximum Gasteiger partial charge on any atom is 0.187 e. The normalized spacial score (nSPS) is 25.5. The predicted octanol–water partition coefficient (Wildman–Crippen LogP) is 2.47. The average molecular weight is 355 g/mol. The molecule has 0 amide bonds. The quantitative estimate of drug-likeness (QED) is 0.817. The SMILES string of the molecule is C=C(C)c1cc(C2C3=C(COCC3=O)N=C3COCC(=O)C32)ccc1F. The fourth-order valence-electron chi connectivity index (χ4n) is 3.87. The second kappa shape index (κ2) is 6.37. The van der Waals surface area contributed by atoms with E-state index in [1.807, 2.05) is 0 Å². The first-order chi connectivity index (χ1) is 12.5. The smallest absolute Gasteiger partial charge is 0.187 e. The van der Waals surface area contributed by atoms with Crippen LogP contribution in [0.4, 0.5) is 4.39 Å². The third-order valence-electron chi connectivity index (χ3n) is 5.02. The van der Waals surface area contributed by atoms with Crippen molar-refractivity contribution >= 4 is 22.9 Å². The van der Waals surface area contributed by atoms with Crippen LogP contribution in [0, 0.1) is 11.7 Å². The first kappa shape index (κ1) is 17.0. The topological polar surface area (TPSA) is 65.0 Å². The number of halogens is 1. The summed E-state index contributed by atoms with van der Waals surface area (Å²) in [4.78, 5) is 29.7. The highest BCUT2D eigenvalue weighted by molar-refractivity contribution is 6.13. The van der Waals surface area contributed by atoms with Crippen molar-refractivity contribution in [1.29, 1.82) is 0 Å². The lowest BCUT2D eigenvalue weighted by molar-refractivity contribution is -0.127. The fourth-order valence-corrected chi connectivity index (χ4v) is 3.87. The van der Waals surface area contributed by atoms with Crippen LogP contribution in [0.25, 0.3) is 5.57 Å². The van der Waals surface area contributed by atoms with Gasteiger partial charge in [0.05, 0.1) is 30.5 Å². The maximum absolute atomic E-state index is 14.1. The van der Waals surface area contributed by atoms with E-state index in [-0.39, 0.29) is 43.8 Å². The Morgan fingerprint density at radius 3 is 2.69 bits per heavy atom. The molecule has 1 fully saturated rings. The van der Waals surface area contributed by atoms with Gasteiger partial charge in [-0.1, -0.05) is 12.6 Å². The van der Waals surface area contributed by atoms with Crippen molar-refractivity contribution in [2.75, 3.05) is 26.4 Å². The van der Waals surface area contributed by atoms with Crippen LogP contribution in [0.2, 0.25) is 0 Å². The Hall–Kier alpha value is -2.44. The number of hydrogen-bond acceptors (Lipinski definition) is 5. The van der Waals surface area contributed by atoms with Crippen LogP contribution >= 0.6 is 0 Å². The zero-order chi connectivity index (χ0) is 18.4. The van der Waals surface area contributed by atoms with Crippen LogP contribution in [0.5, 0.6) is 0 Å². The molecule has 6 heteroatoms. The Balaban J connectivity index is 1.91. The van der Waals surface area contributed by atoms with Gasteiger partial charge in [0.15, 0.2) is 11.6 Å². The van der Waals surface area contributed by atoms with Crippen molar-refractivity contribution < 1.29 is 23.5 Å². The molecular formula is C20H18FNO4. The Bertz CT molecular complexity index is 899. The van der Waals surface area contributed by atoms with Gasteiger partial charge in [0.2, 0.25) is 0 Å². The summed E-state index contributed by atoms with van der Waals surface area (Å²) < 4.78 is 24.8. The van der Waals surface area contributed by atoms with Gasteiger partial charge in [0.25, 0.3) is 0 Å². The molecule has 0 aromatic heterocycles. The largest absolute Gasteiger partial charge is 0.368 e. The number of ketones is 2. The zero-order valence-corrected chi connectivity index (χ0v) is 14.4. The highest BCUT2D eigenvalue weighted by Crippen LogP contribution is 2.42. The minimum absolute atomic E-state index is 0.0119. The van der Waals surface area contributed by atoms with Crippen molar-refractivity contribution in [2.24, 2.45) is 10.9 Å². The van der Waals surface area contributed by atoms with Gasteiger partial charge < -0.3 is 9.47 Å². The number of carbonyl (C=O) groups excluding carboxylic acids is 2. The molecule has 3 aliphatic rings. The zero-order valence-electron chi connectivity index (χ0n) is 14.4. The van der Waals surface area contributed by atoms with E-state index in [1.54, 1.807) is 19.1 Å². The minimum atomic E-state index is -0.562. The van der Waals surface area contributed by atoms with Crippen LogP contribution in [0.1, 0.15) is 24.0 Å². The number of aliphatic imine (C=N–C) groups is 1. The lowest BCUT2D eigenvalue weighted by Gasteiger charge is -2.37. The average Bonchev–Trinajstić information content (AvgIpc) is 2.61. The minimum Gasteiger partial charge on any atom is -0.368 e. The van der Waals surface area contributed by atoms with E-state index in [9.17, 15) is 14.0 Å². The molecule has 134 valence electrons. The molecule has 1 saturated heterocycles. The van der Waals surface area contributed by atoms with Gasteiger partial charge in [0.1, 0.15) is 19.0 Å². The summed E-state index contributed by atoms with van der Waals surface area (Å²) in [6.07, 6.45) is 0. The number of rotatable bonds is 2. The standard InChI is InChI=1S/C20H18FNO4/c1-10(2)12-5-11(3-4-13(12)21)18-19-14(6-25-8-16(19)23)22-15-7-26-9-17(24)20(15)18/h3-5,18-19H,1,6-9H2,2H3. The Morgan fingerprint density at radius 2 is 1.92 bits per heavy atom. The Labute approximate surface area is 150 Å². The summed E-state index contributed by atoms with van der Waals surface area (Å²) in [5.41, 5.74) is 3.31. The number of hydrogen-bond donors (Lipinski definition) is 0.